The molecule has 0 bridgehead atoms. The lowest BCUT2D eigenvalue weighted by Gasteiger charge is -2.23. The van der Waals surface area contributed by atoms with Gasteiger partial charge < -0.3 is 10.2 Å². The van der Waals surface area contributed by atoms with Crippen molar-refractivity contribution in [1.82, 2.24) is 0 Å². The summed E-state index contributed by atoms with van der Waals surface area (Å²) in [6.45, 7) is 1.43. The van der Waals surface area contributed by atoms with E-state index in [1.165, 1.54) is 0 Å². The summed E-state index contributed by atoms with van der Waals surface area (Å²) in [7, 11) is 0. The molecule has 0 aliphatic heterocycles. The van der Waals surface area contributed by atoms with Crippen LogP contribution in [-0.4, -0.2) is 16.9 Å². The van der Waals surface area contributed by atoms with Gasteiger partial charge in [0.2, 0.25) is 0 Å². The SMILES string of the molecule is CC(CF)C(c1ccc(O)cc1)c1ccc(O)cc1. The second-order valence-corrected chi connectivity index (χ2v) is 4.79. The highest BCUT2D eigenvalue weighted by Crippen LogP contribution is 2.33. The van der Waals surface area contributed by atoms with Gasteiger partial charge in [-0.25, -0.2) is 0 Å². The molecule has 2 nitrogen and oxygen atoms in total. The first-order valence-corrected chi connectivity index (χ1v) is 6.25. The minimum Gasteiger partial charge on any atom is -0.508 e. The molecule has 0 spiro atoms. The summed E-state index contributed by atoms with van der Waals surface area (Å²) in [5.41, 5.74) is 1.90. The van der Waals surface area contributed by atoms with Crippen LogP contribution in [0.15, 0.2) is 48.5 Å². The van der Waals surface area contributed by atoms with E-state index in [-0.39, 0.29) is 23.3 Å². The van der Waals surface area contributed by atoms with Crippen molar-refractivity contribution >= 4 is 0 Å². The Labute approximate surface area is 112 Å². The first kappa shape index (κ1) is 13.4. The van der Waals surface area contributed by atoms with Gasteiger partial charge in [0.1, 0.15) is 11.5 Å². The lowest BCUT2D eigenvalue weighted by Crippen LogP contribution is -2.13. The van der Waals surface area contributed by atoms with Gasteiger partial charge in [0.05, 0.1) is 6.67 Å². The van der Waals surface area contributed by atoms with Gasteiger partial charge in [0.15, 0.2) is 0 Å². The van der Waals surface area contributed by atoms with Crippen molar-refractivity contribution < 1.29 is 14.6 Å². The van der Waals surface area contributed by atoms with E-state index in [0.717, 1.165) is 11.1 Å². The normalized spacial score (nSPS) is 12.6. The molecule has 0 amide bonds. The van der Waals surface area contributed by atoms with Crippen LogP contribution in [-0.2, 0) is 0 Å². The number of benzene rings is 2. The van der Waals surface area contributed by atoms with Crippen LogP contribution in [0.2, 0.25) is 0 Å². The Morgan fingerprint density at radius 1 is 0.842 bits per heavy atom. The largest absolute Gasteiger partial charge is 0.508 e. The molecule has 19 heavy (non-hydrogen) atoms. The Bertz CT molecular complexity index is 474. The second kappa shape index (κ2) is 5.74. The van der Waals surface area contributed by atoms with Crippen molar-refractivity contribution in [3.8, 4) is 11.5 Å². The maximum Gasteiger partial charge on any atom is 0.115 e. The van der Waals surface area contributed by atoms with Crippen LogP contribution in [0.25, 0.3) is 0 Å². The second-order valence-electron chi connectivity index (χ2n) is 4.79. The molecule has 2 aromatic carbocycles. The molecule has 0 saturated heterocycles. The third-order valence-electron chi connectivity index (χ3n) is 3.32. The van der Waals surface area contributed by atoms with E-state index in [0.29, 0.717) is 0 Å². The molecule has 0 fully saturated rings. The Morgan fingerprint density at radius 3 is 1.53 bits per heavy atom. The summed E-state index contributed by atoms with van der Waals surface area (Å²) in [5, 5.41) is 18.7. The van der Waals surface area contributed by atoms with E-state index in [2.05, 4.69) is 0 Å². The van der Waals surface area contributed by atoms with Crippen LogP contribution >= 0.6 is 0 Å². The lowest BCUT2D eigenvalue weighted by molar-refractivity contribution is 0.356. The minimum absolute atomic E-state index is 0.0915. The van der Waals surface area contributed by atoms with Crippen LogP contribution in [0.4, 0.5) is 4.39 Å². The van der Waals surface area contributed by atoms with Crippen molar-refractivity contribution in [1.29, 1.82) is 0 Å². The Balaban J connectivity index is 2.41. The standard InChI is InChI=1S/C16H17FO2/c1-11(10-17)16(12-2-6-14(18)7-3-12)13-4-8-15(19)9-5-13/h2-9,11,16,18-19H,10H2,1H3. The average molecular weight is 260 g/mol. The fraction of sp³-hybridized carbons (Fsp3) is 0.250. The molecule has 1 unspecified atom stereocenters. The van der Waals surface area contributed by atoms with Gasteiger partial charge in [-0.05, 0) is 41.3 Å². The number of aromatic hydroxyl groups is 2. The topological polar surface area (TPSA) is 40.5 Å². The molecule has 1 atom stereocenters. The number of rotatable bonds is 4. The van der Waals surface area contributed by atoms with Gasteiger partial charge in [-0.3, -0.25) is 4.39 Å². The summed E-state index contributed by atoms with van der Waals surface area (Å²) in [6.07, 6.45) is 0. The summed E-state index contributed by atoms with van der Waals surface area (Å²) in [6, 6.07) is 13.6. The van der Waals surface area contributed by atoms with Gasteiger partial charge in [-0.15, -0.1) is 0 Å². The smallest absolute Gasteiger partial charge is 0.115 e. The molecule has 0 radical (unpaired) electrons. The van der Waals surface area contributed by atoms with Gasteiger partial charge >= 0.3 is 0 Å². The van der Waals surface area contributed by atoms with Crippen LogP contribution in [0.3, 0.4) is 0 Å². The van der Waals surface area contributed by atoms with Gasteiger partial charge in [0.25, 0.3) is 0 Å². The molecule has 0 aliphatic carbocycles. The van der Waals surface area contributed by atoms with Crippen LogP contribution in [0.1, 0.15) is 24.0 Å². The van der Waals surface area contributed by atoms with E-state index >= 15 is 0 Å². The molecule has 3 heteroatoms. The van der Waals surface area contributed by atoms with Crippen molar-refractivity contribution in [3.05, 3.63) is 59.7 Å². The zero-order valence-corrected chi connectivity index (χ0v) is 10.8. The van der Waals surface area contributed by atoms with Crippen molar-refractivity contribution in [2.75, 3.05) is 6.67 Å². The van der Waals surface area contributed by atoms with Crippen molar-refractivity contribution in [2.24, 2.45) is 5.92 Å². The fourth-order valence-corrected chi connectivity index (χ4v) is 2.30. The molecule has 0 aliphatic rings. The average Bonchev–Trinajstić information content (AvgIpc) is 2.43. The monoisotopic (exact) mass is 260 g/mol. The van der Waals surface area contributed by atoms with Crippen LogP contribution in [0, 0.1) is 5.92 Å². The summed E-state index contributed by atoms with van der Waals surface area (Å²) < 4.78 is 13.1. The summed E-state index contributed by atoms with van der Waals surface area (Å²) >= 11 is 0. The first-order chi connectivity index (χ1) is 9.11. The van der Waals surface area contributed by atoms with Crippen LogP contribution in [0.5, 0.6) is 11.5 Å². The molecular weight excluding hydrogens is 243 g/mol. The van der Waals surface area contributed by atoms with E-state index in [1.807, 2.05) is 6.92 Å². The van der Waals surface area contributed by atoms with E-state index in [9.17, 15) is 14.6 Å². The molecule has 2 N–H and O–H groups in total. The van der Waals surface area contributed by atoms with E-state index in [4.69, 9.17) is 0 Å². The summed E-state index contributed by atoms with van der Waals surface area (Å²) in [5.74, 6) is 0.127. The predicted molar refractivity (Wildman–Crippen MR) is 73.2 cm³/mol. The molecule has 0 aromatic heterocycles. The molecule has 2 aromatic rings. The van der Waals surface area contributed by atoms with Crippen molar-refractivity contribution in [2.45, 2.75) is 12.8 Å². The quantitative estimate of drug-likeness (QED) is 0.877. The maximum absolute atomic E-state index is 13.1. The lowest BCUT2D eigenvalue weighted by atomic mass is 9.82. The highest BCUT2D eigenvalue weighted by Gasteiger charge is 2.21. The van der Waals surface area contributed by atoms with E-state index < -0.39 is 6.67 Å². The number of hydrogen-bond acceptors (Lipinski definition) is 2. The number of halogens is 1. The molecular formula is C16H17FO2. The fourth-order valence-electron chi connectivity index (χ4n) is 2.30. The number of phenolic OH excluding ortho intramolecular Hbond substituents is 2. The number of hydrogen-bond donors (Lipinski definition) is 2. The third-order valence-corrected chi connectivity index (χ3v) is 3.32. The third kappa shape index (κ3) is 3.05. The highest BCUT2D eigenvalue weighted by atomic mass is 19.1. The van der Waals surface area contributed by atoms with E-state index in [1.54, 1.807) is 48.5 Å². The number of alkyl halides is 1. The minimum atomic E-state index is -0.424. The zero-order valence-electron chi connectivity index (χ0n) is 10.8. The maximum atomic E-state index is 13.1. The van der Waals surface area contributed by atoms with Gasteiger partial charge in [0, 0.05) is 5.92 Å². The molecule has 0 heterocycles. The molecule has 2 rings (SSSR count). The highest BCUT2D eigenvalue weighted by molar-refractivity contribution is 5.38. The zero-order chi connectivity index (χ0) is 13.8. The molecule has 100 valence electrons. The Morgan fingerprint density at radius 2 is 1.21 bits per heavy atom. The van der Waals surface area contributed by atoms with Crippen molar-refractivity contribution in [3.63, 3.8) is 0 Å². The molecule has 0 saturated carbocycles. The Hall–Kier alpha value is -2.03. The van der Waals surface area contributed by atoms with Gasteiger partial charge in [-0.2, -0.15) is 0 Å². The van der Waals surface area contributed by atoms with Crippen LogP contribution < -0.4 is 0 Å². The Kier molecular flexibility index (Phi) is 4.05. The first-order valence-electron chi connectivity index (χ1n) is 6.25. The number of phenols is 2. The predicted octanol–water partition coefficient (Wildman–Crippen LogP) is 3.84. The summed E-state index contributed by atoms with van der Waals surface area (Å²) in [4.78, 5) is 0. The van der Waals surface area contributed by atoms with Gasteiger partial charge in [-0.1, -0.05) is 31.2 Å².